The van der Waals surface area contributed by atoms with Gasteiger partial charge in [-0.05, 0) is 33.2 Å². The standard InChI is InChI=1S/C12H27N5O/c1-10(17(2)11-5-6-11)9-15-12(16-13)14-7-4-8-18-3/h10-11H,4-9,13H2,1-3H3,(H2,14,15,16). The molecule has 0 aromatic heterocycles. The van der Waals surface area contributed by atoms with E-state index in [9.17, 15) is 0 Å². The summed E-state index contributed by atoms with van der Waals surface area (Å²) in [4.78, 5) is 6.85. The van der Waals surface area contributed by atoms with E-state index < -0.39 is 0 Å². The number of hydrogen-bond donors (Lipinski definition) is 3. The highest BCUT2D eigenvalue weighted by Gasteiger charge is 2.28. The summed E-state index contributed by atoms with van der Waals surface area (Å²) in [5.74, 6) is 6.09. The van der Waals surface area contributed by atoms with Gasteiger partial charge in [0.2, 0.25) is 5.96 Å². The van der Waals surface area contributed by atoms with Gasteiger partial charge in [0.25, 0.3) is 0 Å². The Morgan fingerprint density at radius 1 is 1.56 bits per heavy atom. The van der Waals surface area contributed by atoms with E-state index >= 15 is 0 Å². The molecule has 1 aliphatic rings. The minimum absolute atomic E-state index is 0.446. The molecule has 0 spiro atoms. The minimum Gasteiger partial charge on any atom is -0.385 e. The number of rotatable bonds is 8. The molecule has 1 unspecified atom stereocenters. The Kier molecular flexibility index (Phi) is 7.00. The van der Waals surface area contributed by atoms with Crippen molar-refractivity contribution in [2.45, 2.75) is 38.3 Å². The van der Waals surface area contributed by atoms with Gasteiger partial charge < -0.3 is 10.1 Å². The fourth-order valence-corrected chi connectivity index (χ4v) is 1.77. The first-order valence-electron chi connectivity index (χ1n) is 6.64. The molecule has 0 aromatic carbocycles. The lowest BCUT2D eigenvalue weighted by Gasteiger charge is -2.23. The van der Waals surface area contributed by atoms with E-state index in [-0.39, 0.29) is 0 Å². The van der Waals surface area contributed by atoms with Crippen LogP contribution in [0.5, 0.6) is 0 Å². The zero-order valence-corrected chi connectivity index (χ0v) is 11.8. The third-order valence-electron chi connectivity index (χ3n) is 3.29. The van der Waals surface area contributed by atoms with Crippen LogP contribution in [0.3, 0.4) is 0 Å². The van der Waals surface area contributed by atoms with Crippen molar-refractivity contribution in [3.8, 4) is 0 Å². The summed E-state index contributed by atoms with van der Waals surface area (Å²) in [7, 11) is 3.87. The molecule has 0 radical (unpaired) electrons. The van der Waals surface area contributed by atoms with Crippen LogP contribution in [0, 0.1) is 0 Å². The van der Waals surface area contributed by atoms with Gasteiger partial charge in [0, 0.05) is 32.3 Å². The number of hydrazine groups is 1. The summed E-state index contributed by atoms with van der Waals surface area (Å²) in [6.07, 6.45) is 3.58. The lowest BCUT2D eigenvalue weighted by Crippen LogP contribution is -2.43. The Balaban J connectivity index is 2.22. The molecule has 4 N–H and O–H groups in total. The van der Waals surface area contributed by atoms with Crippen LogP contribution in [-0.4, -0.2) is 56.8 Å². The van der Waals surface area contributed by atoms with Crippen molar-refractivity contribution in [2.75, 3.05) is 33.9 Å². The van der Waals surface area contributed by atoms with Crippen LogP contribution < -0.4 is 16.6 Å². The van der Waals surface area contributed by atoms with Gasteiger partial charge >= 0.3 is 0 Å². The van der Waals surface area contributed by atoms with Gasteiger partial charge in [-0.1, -0.05) is 0 Å². The molecular weight excluding hydrogens is 230 g/mol. The topological polar surface area (TPSA) is 74.9 Å². The molecule has 1 aliphatic carbocycles. The van der Waals surface area contributed by atoms with Crippen molar-refractivity contribution in [1.82, 2.24) is 15.6 Å². The highest BCUT2D eigenvalue weighted by molar-refractivity contribution is 5.79. The van der Waals surface area contributed by atoms with Crippen molar-refractivity contribution >= 4 is 5.96 Å². The van der Waals surface area contributed by atoms with E-state index in [1.54, 1.807) is 7.11 Å². The monoisotopic (exact) mass is 257 g/mol. The Bertz CT molecular complexity index is 255. The van der Waals surface area contributed by atoms with Gasteiger partial charge in [-0.15, -0.1) is 0 Å². The van der Waals surface area contributed by atoms with Crippen molar-refractivity contribution in [3.05, 3.63) is 0 Å². The zero-order valence-electron chi connectivity index (χ0n) is 11.8. The second-order valence-corrected chi connectivity index (χ2v) is 4.85. The summed E-state index contributed by atoms with van der Waals surface area (Å²) in [6.45, 7) is 4.50. The van der Waals surface area contributed by atoms with Crippen LogP contribution in [0.2, 0.25) is 0 Å². The predicted octanol–water partition coefficient (Wildman–Crippen LogP) is -0.0855. The third-order valence-corrected chi connectivity index (χ3v) is 3.29. The van der Waals surface area contributed by atoms with Gasteiger partial charge in [-0.25, -0.2) is 5.84 Å². The first-order valence-corrected chi connectivity index (χ1v) is 6.64. The van der Waals surface area contributed by atoms with Crippen LogP contribution >= 0.6 is 0 Å². The Morgan fingerprint density at radius 2 is 2.28 bits per heavy atom. The molecule has 0 bridgehead atoms. The predicted molar refractivity (Wildman–Crippen MR) is 74.4 cm³/mol. The molecule has 0 saturated heterocycles. The fourth-order valence-electron chi connectivity index (χ4n) is 1.77. The van der Waals surface area contributed by atoms with Crippen molar-refractivity contribution in [2.24, 2.45) is 10.8 Å². The number of likely N-dealkylation sites (N-methyl/N-ethyl adjacent to an activating group) is 1. The molecule has 1 rings (SSSR count). The molecular formula is C12H27N5O. The second kappa shape index (κ2) is 8.29. The summed E-state index contributed by atoms with van der Waals surface area (Å²) < 4.78 is 4.98. The molecule has 18 heavy (non-hydrogen) atoms. The maximum Gasteiger partial charge on any atom is 0.205 e. The van der Waals surface area contributed by atoms with Crippen molar-refractivity contribution in [3.63, 3.8) is 0 Å². The van der Waals surface area contributed by atoms with E-state index in [1.165, 1.54) is 12.8 Å². The molecule has 0 heterocycles. The average Bonchev–Trinajstić information content (AvgIpc) is 3.21. The van der Waals surface area contributed by atoms with E-state index in [4.69, 9.17) is 10.6 Å². The summed E-state index contributed by atoms with van der Waals surface area (Å²) in [5.41, 5.74) is 2.60. The van der Waals surface area contributed by atoms with Crippen LogP contribution in [-0.2, 0) is 4.74 Å². The third kappa shape index (κ3) is 5.66. The number of aliphatic imine (C=N–C) groups is 1. The summed E-state index contributed by atoms with van der Waals surface area (Å²) >= 11 is 0. The minimum atomic E-state index is 0.446. The Labute approximate surface area is 110 Å². The van der Waals surface area contributed by atoms with Crippen LogP contribution in [0.1, 0.15) is 26.2 Å². The van der Waals surface area contributed by atoms with Crippen molar-refractivity contribution in [1.29, 1.82) is 0 Å². The second-order valence-electron chi connectivity index (χ2n) is 4.85. The van der Waals surface area contributed by atoms with Crippen LogP contribution in [0.25, 0.3) is 0 Å². The average molecular weight is 257 g/mol. The van der Waals surface area contributed by atoms with E-state index in [1.807, 2.05) is 0 Å². The number of nitrogens with one attached hydrogen (secondary N) is 2. The van der Waals surface area contributed by atoms with Crippen LogP contribution in [0.15, 0.2) is 4.99 Å². The highest BCUT2D eigenvalue weighted by Crippen LogP contribution is 2.26. The number of nitrogens with two attached hydrogens (primary N) is 1. The lowest BCUT2D eigenvalue weighted by molar-refractivity contribution is 0.195. The lowest BCUT2D eigenvalue weighted by atomic mass is 10.3. The quantitative estimate of drug-likeness (QED) is 0.186. The number of hydrogen-bond acceptors (Lipinski definition) is 4. The first kappa shape index (κ1) is 15.2. The smallest absolute Gasteiger partial charge is 0.205 e. The van der Waals surface area contributed by atoms with Gasteiger partial charge in [0.05, 0.1) is 6.54 Å². The van der Waals surface area contributed by atoms with Gasteiger partial charge in [-0.2, -0.15) is 0 Å². The molecule has 106 valence electrons. The highest BCUT2D eigenvalue weighted by atomic mass is 16.5. The fraction of sp³-hybridized carbons (Fsp3) is 0.917. The molecule has 1 atom stereocenters. The van der Waals surface area contributed by atoms with Crippen LogP contribution in [0.4, 0.5) is 0 Å². The van der Waals surface area contributed by atoms with E-state index in [2.05, 4.69) is 34.6 Å². The zero-order chi connectivity index (χ0) is 13.4. The largest absolute Gasteiger partial charge is 0.385 e. The first-order chi connectivity index (χ1) is 8.69. The van der Waals surface area contributed by atoms with Gasteiger partial charge in [-0.3, -0.25) is 15.3 Å². The molecule has 0 aromatic rings. The maximum atomic E-state index is 5.43. The molecule has 1 saturated carbocycles. The Hall–Kier alpha value is -0.850. The normalized spacial score (nSPS) is 17.9. The van der Waals surface area contributed by atoms with E-state index in [0.717, 1.165) is 32.2 Å². The van der Waals surface area contributed by atoms with Gasteiger partial charge in [0.1, 0.15) is 0 Å². The molecule has 6 heteroatoms. The SMILES string of the molecule is COCCCNC(=NCC(C)N(C)C1CC1)NN. The van der Waals surface area contributed by atoms with Crippen molar-refractivity contribution < 1.29 is 4.74 Å². The number of methoxy groups -OCH3 is 1. The van der Waals surface area contributed by atoms with Gasteiger partial charge in [0.15, 0.2) is 0 Å². The maximum absolute atomic E-state index is 5.43. The molecule has 0 amide bonds. The molecule has 0 aliphatic heterocycles. The molecule has 6 nitrogen and oxygen atoms in total. The summed E-state index contributed by atoms with van der Waals surface area (Å²) in [5, 5.41) is 3.16. The summed E-state index contributed by atoms with van der Waals surface area (Å²) in [6, 6.07) is 1.21. The Morgan fingerprint density at radius 3 is 2.83 bits per heavy atom. The number of guanidine groups is 1. The number of nitrogens with zero attached hydrogens (tertiary/aromatic N) is 2. The number of ether oxygens (including phenoxy) is 1. The molecule has 1 fully saturated rings. The van der Waals surface area contributed by atoms with E-state index in [0.29, 0.717) is 12.0 Å².